The molecule has 3 nitrogen and oxygen atoms in total. The Morgan fingerprint density at radius 1 is 1.10 bits per heavy atom. The predicted octanol–water partition coefficient (Wildman–Crippen LogP) is 3.08. The van der Waals surface area contributed by atoms with Crippen LogP contribution in [0.1, 0.15) is 6.42 Å². The van der Waals surface area contributed by atoms with E-state index in [1.807, 2.05) is 12.1 Å². The van der Waals surface area contributed by atoms with Crippen molar-refractivity contribution in [2.24, 2.45) is 0 Å². The summed E-state index contributed by atoms with van der Waals surface area (Å²) in [5, 5.41) is 9.59. The fourth-order valence-corrected chi connectivity index (χ4v) is 2.26. The molecule has 2 aromatic carbocycles. The van der Waals surface area contributed by atoms with Gasteiger partial charge in [0, 0.05) is 12.2 Å². The highest BCUT2D eigenvalue weighted by Crippen LogP contribution is 2.18. The third-order valence-electron chi connectivity index (χ3n) is 3.07. The van der Waals surface area contributed by atoms with Gasteiger partial charge < -0.3 is 15.5 Å². The second-order valence-corrected chi connectivity index (χ2v) is 5.51. The lowest BCUT2D eigenvalue weighted by Gasteiger charge is -2.13. The zero-order chi connectivity index (χ0) is 14.4. The average Bonchev–Trinajstić information content (AvgIpc) is 2.43. The van der Waals surface area contributed by atoms with Gasteiger partial charge in [-0.1, -0.05) is 30.3 Å². The molecule has 20 heavy (non-hydrogen) atoms. The van der Waals surface area contributed by atoms with Crippen molar-refractivity contribution in [3.63, 3.8) is 0 Å². The van der Waals surface area contributed by atoms with E-state index >= 15 is 0 Å². The van der Waals surface area contributed by atoms with E-state index in [4.69, 9.17) is 12.2 Å². The van der Waals surface area contributed by atoms with Crippen LogP contribution < -0.4 is 10.6 Å². The van der Waals surface area contributed by atoms with Crippen molar-refractivity contribution < 1.29 is 0 Å². The molecule has 0 aliphatic heterocycles. The van der Waals surface area contributed by atoms with E-state index in [1.165, 1.54) is 10.8 Å². The number of nitrogens with one attached hydrogen (secondary N) is 2. The zero-order valence-corrected chi connectivity index (χ0v) is 12.8. The van der Waals surface area contributed by atoms with Crippen molar-refractivity contribution in [1.82, 2.24) is 10.2 Å². The minimum Gasteiger partial charge on any atom is -0.362 e. The topological polar surface area (TPSA) is 27.3 Å². The first-order valence-electron chi connectivity index (χ1n) is 6.83. The van der Waals surface area contributed by atoms with Crippen LogP contribution in [-0.2, 0) is 0 Å². The quantitative estimate of drug-likeness (QED) is 0.653. The Hall–Kier alpha value is -1.65. The third kappa shape index (κ3) is 4.47. The van der Waals surface area contributed by atoms with Crippen molar-refractivity contribution in [2.45, 2.75) is 6.42 Å². The highest BCUT2D eigenvalue weighted by atomic mass is 32.1. The van der Waals surface area contributed by atoms with Crippen LogP contribution in [0.25, 0.3) is 10.8 Å². The summed E-state index contributed by atoms with van der Waals surface area (Å²) in [6.07, 6.45) is 1.08. The maximum Gasteiger partial charge on any atom is 0.170 e. The van der Waals surface area contributed by atoms with Crippen LogP contribution in [0.15, 0.2) is 42.5 Å². The zero-order valence-electron chi connectivity index (χ0n) is 12.0. The molecular weight excluding hydrogens is 266 g/mol. The average molecular weight is 287 g/mol. The molecule has 0 aliphatic rings. The molecule has 0 saturated carbocycles. The minimum absolute atomic E-state index is 0.680. The monoisotopic (exact) mass is 287 g/mol. The molecule has 0 spiro atoms. The van der Waals surface area contributed by atoms with Gasteiger partial charge in [0.1, 0.15) is 0 Å². The van der Waals surface area contributed by atoms with Gasteiger partial charge in [0.25, 0.3) is 0 Å². The molecule has 0 amide bonds. The largest absolute Gasteiger partial charge is 0.362 e. The first kappa shape index (κ1) is 14.8. The van der Waals surface area contributed by atoms with Crippen molar-refractivity contribution >= 4 is 33.8 Å². The summed E-state index contributed by atoms with van der Waals surface area (Å²) >= 11 is 5.30. The molecule has 0 aliphatic carbocycles. The van der Waals surface area contributed by atoms with E-state index in [0.29, 0.717) is 5.11 Å². The molecule has 0 bridgehead atoms. The van der Waals surface area contributed by atoms with Crippen molar-refractivity contribution in [1.29, 1.82) is 0 Å². The summed E-state index contributed by atoms with van der Waals surface area (Å²) in [6, 6.07) is 14.6. The van der Waals surface area contributed by atoms with Crippen LogP contribution >= 0.6 is 12.2 Å². The molecule has 0 aromatic heterocycles. The van der Waals surface area contributed by atoms with Crippen LogP contribution in [0.5, 0.6) is 0 Å². The molecule has 0 radical (unpaired) electrons. The molecule has 0 unspecified atom stereocenters. The summed E-state index contributed by atoms with van der Waals surface area (Å²) in [7, 11) is 4.15. The number of hydrogen-bond acceptors (Lipinski definition) is 2. The second kappa shape index (κ2) is 7.22. The van der Waals surface area contributed by atoms with E-state index < -0.39 is 0 Å². The number of nitrogens with zero attached hydrogens (tertiary/aromatic N) is 1. The van der Waals surface area contributed by atoms with Crippen molar-refractivity contribution in [3.8, 4) is 0 Å². The van der Waals surface area contributed by atoms with Gasteiger partial charge >= 0.3 is 0 Å². The summed E-state index contributed by atoms with van der Waals surface area (Å²) in [6.45, 7) is 1.95. The van der Waals surface area contributed by atoms with E-state index in [1.54, 1.807) is 0 Å². The Morgan fingerprint density at radius 3 is 2.60 bits per heavy atom. The second-order valence-electron chi connectivity index (χ2n) is 5.10. The number of thiocarbonyl (C=S) groups is 1. The first-order valence-corrected chi connectivity index (χ1v) is 7.24. The molecular formula is C16H21N3S. The number of fused-ring (bicyclic) bond motifs is 1. The maximum absolute atomic E-state index is 5.30. The van der Waals surface area contributed by atoms with Gasteiger partial charge in [-0.3, -0.25) is 0 Å². The Labute approximate surface area is 126 Å². The highest BCUT2D eigenvalue weighted by molar-refractivity contribution is 7.80. The van der Waals surface area contributed by atoms with E-state index in [-0.39, 0.29) is 0 Å². The summed E-state index contributed by atoms with van der Waals surface area (Å²) in [5.41, 5.74) is 1.02. The van der Waals surface area contributed by atoms with Crippen molar-refractivity contribution in [3.05, 3.63) is 42.5 Å². The Bertz CT molecular complexity index is 581. The van der Waals surface area contributed by atoms with Crippen LogP contribution in [0.2, 0.25) is 0 Å². The molecule has 0 fully saturated rings. The predicted molar refractivity (Wildman–Crippen MR) is 91.3 cm³/mol. The normalized spacial score (nSPS) is 10.8. The number of benzene rings is 2. The van der Waals surface area contributed by atoms with Crippen molar-refractivity contribution in [2.75, 3.05) is 32.5 Å². The van der Waals surface area contributed by atoms with Crippen LogP contribution in [-0.4, -0.2) is 37.2 Å². The summed E-state index contributed by atoms with van der Waals surface area (Å²) < 4.78 is 0. The lowest BCUT2D eigenvalue weighted by Crippen LogP contribution is -2.30. The lowest BCUT2D eigenvalue weighted by molar-refractivity contribution is 0.400. The molecule has 0 heterocycles. The van der Waals surface area contributed by atoms with Gasteiger partial charge in [-0.25, -0.2) is 0 Å². The highest BCUT2D eigenvalue weighted by Gasteiger charge is 1.99. The van der Waals surface area contributed by atoms with Gasteiger partial charge in [-0.05, 0) is 62.2 Å². The van der Waals surface area contributed by atoms with Gasteiger partial charge in [-0.2, -0.15) is 0 Å². The summed E-state index contributed by atoms with van der Waals surface area (Å²) in [4.78, 5) is 2.17. The maximum atomic E-state index is 5.30. The molecule has 0 saturated heterocycles. The number of hydrogen-bond donors (Lipinski definition) is 2. The number of rotatable bonds is 5. The number of anilines is 1. The lowest BCUT2D eigenvalue weighted by atomic mass is 10.1. The molecule has 2 N–H and O–H groups in total. The summed E-state index contributed by atoms with van der Waals surface area (Å²) in [5.74, 6) is 0. The SMILES string of the molecule is CN(C)CCCNC(=S)Nc1ccc2ccccc2c1. The van der Waals surface area contributed by atoms with E-state index in [2.05, 4.69) is 60.0 Å². The van der Waals surface area contributed by atoms with Crippen LogP contribution in [0.4, 0.5) is 5.69 Å². The minimum atomic E-state index is 0.680. The Kier molecular flexibility index (Phi) is 5.32. The van der Waals surface area contributed by atoms with Crippen LogP contribution in [0.3, 0.4) is 0 Å². The first-order chi connectivity index (χ1) is 9.65. The molecule has 4 heteroatoms. The fourth-order valence-electron chi connectivity index (χ4n) is 2.04. The third-order valence-corrected chi connectivity index (χ3v) is 3.32. The smallest absolute Gasteiger partial charge is 0.170 e. The molecule has 2 aromatic rings. The Morgan fingerprint density at radius 2 is 1.85 bits per heavy atom. The van der Waals surface area contributed by atoms with E-state index in [0.717, 1.165) is 25.2 Å². The van der Waals surface area contributed by atoms with Crippen LogP contribution in [0, 0.1) is 0 Å². The molecule has 0 atom stereocenters. The van der Waals surface area contributed by atoms with Gasteiger partial charge in [0.2, 0.25) is 0 Å². The Balaban J connectivity index is 1.86. The standard InChI is InChI=1S/C16H21N3S/c1-19(2)11-5-10-17-16(20)18-15-9-8-13-6-3-4-7-14(13)12-15/h3-4,6-9,12H,5,10-11H2,1-2H3,(H2,17,18,20). The fraction of sp³-hybridized carbons (Fsp3) is 0.312. The van der Waals surface area contributed by atoms with E-state index in [9.17, 15) is 0 Å². The van der Waals surface area contributed by atoms with Gasteiger partial charge in [0.15, 0.2) is 5.11 Å². The molecule has 106 valence electrons. The van der Waals surface area contributed by atoms with Gasteiger partial charge in [-0.15, -0.1) is 0 Å². The van der Waals surface area contributed by atoms with Gasteiger partial charge in [0.05, 0.1) is 0 Å². The molecule has 2 rings (SSSR count).